The SMILES string of the molecule is CC(CNC1CC1)C(C)N1CCC2C(CCCN2C)C1. The van der Waals surface area contributed by atoms with E-state index in [0.717, 1.165) is 30.0 Å². The highest BCUT2D eigenvalue weighted by atomic mass is 15.2. The van der Waals surface area contributed by atoms with E-state index in [4.69, 9.17) is 0 Å². The lowest BCUT2D eigenvalue weighted by Gasteiger charge is -2.48. The average molecular weight is 279 g/mol. The molecule has 2 heterocycles. The summed E-state index contributed by atoms with van der Waals surface area (Å²) in [5.41, 5.74) is 0. The van der Waals surface area contributed by atoms with Crippen molar-refractivity contribution in [2.45, 2.75) is 64.1 Å². The van der Waals surface area contributed by atoms with Crippen molar-refractivity contribution in [1.29, 1.82) is 0 Å². The number of hydrogen-bond donors (Lipinski definition) is 1. The Kier molecular flexibility index (Phi) is 4.68. The van der Waals surface area contributed by atoms with E-state index in [9.17, 15) is 0 Å². The molecule has 3 heteroatoms. The molecule has 0 aromatic rings. The summed E-state index contributed by atoms with van der Waals surface area (Å²) in [6, 6.07) is 2.45. The minimum Gasteiger partial charge on any atom is -0.314 e. The highest BCUT2D eigenvalue weighted by Crippen LogP contribution is 2.31. The van der Waals surface area contributed by atoms with Crippen LogP contribution in [0.25, 0.3) is 0 Å². The molecule has 3 aliphatic rings. The Morgan fingerprint density at radius 1 is 1.10 bits per heavy atom. The second-order valence-electron chi connectivity index (χ2n) is 7.63. The third-order valence-electron chi connectivity index (χ3n) is 6.08. The normalized spacial score (nSPS) is 35.5. The first-order chi connectivity index (χ1) is 9.65. The van der Waals surface area contributed by atoms with E-state index in [2.05, 4.69) is 36.0 Å². The largest absolute Gasteiger partial charge is 0.314 e. The highest BCUT2D eigenvalue weighted by Gasteiger charge is 2.36. The van der Waals surface area contributed by atoms with Crippen LogP contribution in [0.2, 0.25) is 0 Å². The van der Waals surface area contributed by atoms with Gasteiger partial charge in [0, 0.05) is 24.7 Å². The average Bonchev–Trinajstić information content (AvgIpc) is 3.28. The van der Waals surface area contributed by atoms with Gasteiger partial charge in [-0.2, -0.15) is 0 Å². The van der Waals surface area contributed by atoms with Crippen LogP contribution in [0.1, 0.15) is 46.0 Å². The Morgan fingerprint density at radius 3 is 2.65 bits per heavy atom. The van der Waals surface area contributed by atoms with Gasteiger partial charge in [-0.15, -0.1) is 0 Å². The Bertz CT molecular complexity index is 315. The Morgan fingerprint density at radius 2 is 1.90 bits per heavy atom. The number of rotatable bonds is 5. The monoisotopic (exact) mass is 279 g/mol. The van der Waals surface area contributed by atoms with Gasteiger partial charge in [-0.05, 0) is 77.5 Å². The maximum absolute atomic E-state index is 3.70. The van der Waals surface area contributed by atoms with Crippen LogP contribution in [0.15, 0.2) is 0 Å². The topological polar surface area (TPSA) is 18.5 Å². The standard InChI is InChI=1S/C17H33N3/c1-13(11-18-16-6-7-16)14(2)20-10-8-17-15(12-20)5-4-9-19(17)3/h13-18H,4-12H2,1-3H3. The molecule has 3 nitrogen and oxygen atoms in total. The second-order valence-corrected chi connectivity index (χ2v) is 7.63. The first-order valence-corrected chi connectivity index (χ1v) is 8.83. The zero-order valence-corrected chi connectivity index (χ0v) is 13.6. The van der Waals surface area contributed by atoms with E-state index < -0.39 is 0 Å². The van der Waals surface area contributed by atoms with E-state index in [1.54, 1.807) is 0 Å². The van der Waals surface area contributed by atoms with Gasteiger partial charge in [-0.3, -0.25) is 4.90 Å². The third-order valence-corrected chi connectivity index (χ3v) is 6.08. The number of nitrogens with zero attached hydrogens (tertiary/aromatic N) is 2. The summed E-state index contributed by atoms with van der Waals surface area (Å²) >= 11 is 0. The zero-order chi connectivity index (χ0) is 14.1. The van der Waals surface area contributed by atoms with Crippen molar-refractivity contribution in [3.05, 3.63) is 0 Å². The molecule has 0 radical (unpaired) electrons. The summed E-state index contributed by atoms with van der Waals surface area (Å²) in [6.07, 6.45) is 7.04. The van der Waals surface area contributed by atoms with Crippen LogP contribution in [0, 0.1) is 11.8 Å². The van der Waals surface area contributed by atoms with Gasteiger partial charge in [0.05, 0.1) is 0 Å². The van der Waals surface area contributed by atoms with Crippen molar-refractivity contribution >= 4 is 0 Å². The maximum atomic E-state index is 3.70. The summed E-state index contributed by atoms with van der Waals surface area (Å²) in [5, 5.41) is 3.70. The molecular formula is C17H33N3. The van der Waals surface area contributed by atoms with E-state index in [-0.39, 0.29) is 0 Å². The molecule has 2 aliphatic heterocycles. The number of fused-ring (bicyclic) bond motifs is 1. The predicted molar refractivity (Wildman–Crippen MR) is 85.0 cm³/mol. The Hall–Kier alpha value is -0.120. The van der Waals surface area contributed by atoms with Gasteiger partial charge < -0.3 is 10.2 Å². The van der Waals surface area contributed by atoms with Gasteiger partial charge in [0.25, 0.3) is 0 Å². The minimum absolute atomic E-state index is 0.731. The fraction of sp³-hybridized carbons (Fsp3) is 1.00. The van der Waals surface area contributed by atoms with Crippen LogP contribution in [0.3, 0.4) is 0 Å². The molecule has 0 aromatic carbocycles. The summed E-state index contributed by atoms with van der Waals surface area (Å²) < 4.78 is 0. The Balaban J connectivity index is 1.49. The van der Waals surface area contributed by atoms with Crippen molar-refractivity contribution in [1.82, 2.24) is 15.1 Å². The molecule has 1 saturated carbocycles. The van der Waals surface area contributed by atoms with E-state index in [1.165, 1.54) is 58.3 Å². The first-order valence-electron chi connectivity index (χ1n) is 8.83. The van der Waals surface area contributed by atoms with E-state index in [0.29, 0.717) is 0 Å². The van der Waals surface area contributed by atoms with Crippen LogP contribution < -0.4 is 5.32 Å². The van der Waals surface area contributed by atoms with Crippen molar-refractivity contribution in [3.63, 3.8) is 0 Å². The lowest BCUT2D eigenvalue weighted by Crippen LogP contribution is -2.55. The number of piperidine rings is 2. The van der Waals surface area contributed by atoms with Crippen molar-refractivity contribution in [3.8, 4) is 0 Å². The third kappa shape index (κ3) is 3.37. The van der Waals surface area contributed by atoms with Crippen LogP contribution in [-0.4, -0.2) is 61.2 Å². The van der Waals surface area contributed by atoms with Gasteiger partial charge >= 0.3 is 0 Å². The summed E-state index contributed by atoms with van der Waals surface area (Å²) in [7, 11) is 2.33. The molecule has 0 bridgehead atoms. The first kappa shape index (κ1) is 14.8. The molecule has 3 rings (SSSR count). The number of nitrogens with one attached hydrogen (secondary N) is 1. The highest BCUT2D eigenvalue weighted by molar-refractivity contribution is 4.92. The van der Waals surface area contributed by atoms with Crippen LogP contribution in [0.4, 0.5) is 0 Å². The molecule has 1 N–H and O–H groups in total. The van der Waals surface area contributed by atoms with Crippen molar-refractivity contribution in [2.24, 2.45) is 11.8 Å². The van der Waals surface area contributed by atoms with Gasteiger partial charge in [0.15, 0.2) is 0 Å². The fourth-order valence-corrected chi connectivity index (χ4v) is 4.22. The smallest absolute Gasteiger partial charge is 0.0145 e. The molecule has 4 atom stereocenters. The van der Waals surface area contributed by atoms with Gasteiger partial charge in [0.1, 0.15) is 0 Å². The van der Waals surface area contributed by atoms with Crippen molar-refractivity contribution < 1.29 is 0 Å². The van der Waals surface area contributed by atoms with Crippen LogP contribution in [-0.2, 0) is 0 Å². The molecule has 3 fully saturated rings. The molecular weight excluding hydrogens is 246 g/mol. The summed E-state index contributed by atoms with van der Waals surface area (Å²) in [4.78, 5) is 5.40. The summed E-state index contributed by atoms with van der Waals surface area (Å²) in [5.74, 6) is 1.70. The fourth-order valence-electron chi connectivity index (χ4n) is 4.22. The predicted octanol–water partition coefficient (Wildman–Crippen LogP) is 2.18. The van der Waals surface area contributed by atoms with Gasteiger partial charge in [-0.1, -0.05) is 6.92 Å². The van der Waals surface area contributed by atoms with Crippen LogP contribution in [0.5, 0.6) is 0 Å². The molecule has 116 valence electrons. The van der Waals surface area contributed by atoms with E-state index in [1.807, 2.05) is 0 Å². The minimum atomic E-state index is 0.731. The quantitative estimate of drug-likeness (QED) is 0.832. The molecule has 2 saturated heterocycles. The number of likely N-dealkylation sites (tertiary alicyclic amines) is 2. The molecule has 4 unspecified atom stereocenters. The molecule has 0 amide bonds. The Labute approximate surface area is 125 Å². The van der Waals surface area contributed by atoms with Crippen LogP contribution >= 0.6 is 0 Å². The zero-order valence-electron chi connectivity index (χ0n) is 13.6. The summed E-state index contributed by atoms with van der Waals surface area (Å²) in [6.45, 7) is 10.0. The van der Waals surface area contributed by atoms with E-state index >= 15 is 0 Å². The molecule has 20 heavy (non-hydrogen) atoms. The van der Waals surface area contributed by atoms with Gasteiger partial charge in [0.2, 0.25) is 0 Å². The molecule has 0 aromatic heterocycles. The number of hydrogen-bond acceptors (Lipinski definition) is 3. The second kappa shape index (κ2) is 6.33. The molecule has 1 aliphatic carbocycles. The van der Waals surface area contributed by atoms with Crippen molar-refractivity contribution in [2.75, 3.05) is 33.2 Å². The van der Waals surface area contributed by atoms with Gasteiger partial charge in [-0.25, -0.2) is 0 Å². The lowest BCUT2D eigenvalue weighted by atomic mass is 9.83. The molecule has 0 spiro atoms. The maximum Gasteiger partial charge on any atom is 0.0145 e. The lowest BCUT2D eigenvalue weighted by molar-refractivity contribution is 0.0131.